The lowest BCUT2D eigenvalue weighted by molar-refractivity contribution is 0.123. The molecule has 0 rings (SSSR count). The number of hydrogen-bond acceptors (Lipinski definition) is 4. The van der Waals surface area contributed by atoms with Gasteiger partial charge >= 0.3 is 0 Å². The van der Waals surface area contributed by atoms with Gasteiger partial charge in [-0.2, -0.15) is 0 Å². The maximum atomic E-state index is 9.24. The van der Waals surface area contributed by atoms with Crippen LogP contribution in [0.5, 0.6) is 0 Å². The normalized spacial score (nSPS) is 13.6. The van der Waals surface area contributed by atoms with Crippen LogP contribution in [0.15, 0.2) is 0 Å². The maximum absolute atomic E-state index is 9.24. The number of rotatable bonds is 8. The molecule has 0 heterocycles. The Balaban J connectivity index is 3.46. The molecular weight excluding hydrogens is 168 g/mol. The Morgan fingerprint density at radius 3 is 2.62 bits per heavy atom. The SMILES string of the molecule is CCN(CCOC)CCC(O)CN. The molecular formula is C9H22N2O2. The number of nitrogens with zero attached hydrogens (tertiary/aromatic N) is 1. The van der Waals surface area contributed by atoms with Crippen LogP contribution in [0.4, 0.5) is 0 Å². The van der Waals surface area contributed by atoms with E-state index < -0.39 is 0 Å². The van der Waals surface area contributed by atoms with Crippen LogP contribution < -0.4 is 5.73 Å². The highest BCUT2D eigenvalue weighted by molar-refractivity contribution is 4.61. The van der Waals surface area contributed by atoms with E-state index in [0.29, 0.717) is 6.54 Å². The molecule has 3 N–H and O–H groups in total. The molecule has 80 valence electrons. The van der Waals surface area contributed by atoms with Crippen molar-refractivity contribution in [3.8, 4) is 0 Å². The minimum Gasteiger partial charge on any atom is -0.392 e. The van der Waals surface area contributed by atoms with Crippen LogP contribution in [-0.4, -0.2) is 56.0 Å². The monoisotopic (exact) mass is 190 g/mol. The predicted octanol–water partition coefficient (Wildman–Crippen LogP) is -0.336. The number of ether oxygens (including phenoxy) is 1. The Labute approximate surface area is 80.7 Å². The lowest BCUT2D eigenvalue weighted by atomic mass is 10.2. The summed E-state index contributed by atoms with van der Waals surface area (Å²) in [5.41, 5.74) is 5.31. The molecule has 0 bridgehead atoms. The first kappa shape index (κ1) is 12.8. The van der Waals surface area contributed by atoms with Crippen LogP contribution in [0.1, 0.15) is 13.3 Å². The molecule has 1 atom stereocenters. The Hall–Kier alpha value is -0.160. The van der Waals surface area contributed by atoms with Crippen molar-refractivity contribution in [3.63, 3.8) is 0 Å². The van der Waals surface area contributed by atoms with Gasteiger partial charge in [0.15, 0.2) is 0 Å². The van der Waals surface area contributed by atoms with Gasteiger partial charge in [-0.15, -0.1) is 0 Å². The standard InChI is InChI=1S/C9H22N2O2/c1-3-11(6-7-13-2)5-4-9(12)8-10/h9,12H,3-8,10H2,1-2H3. The van der Waals surface area contributed by atoms with Crippen LogP contribution in [0, 0.1) is 0 Å². The van der Waals surface area contributed by atoms with Gasteiger partial charge < -0.3 is 20.5 Å². The second-order valence-electron chi connectivity index (χ2n) is 3.11. The predicted molar refractivity (Wildman–Crippen MR) is 53.7 cm³/mol. The lowest BCUT2D eigenvalue weighted by Crippen LogP contribution is -2.32. The van der Waals surface area contributed by atoms with Crippen molar-refractivity contribution in [1.29, 1.82) is 0 Å². The highest BCUT2D eigenvalue weighted by atomic mass is 16.5. The van der Waals surface area contributed by atoms with Crippen molar-refractivity contribution in [1.82, 2.24) is 4.90 Å². The van der Waals surface area contributed by atoms with Crippen molar-refractivity contribution >= 4 is 0 Å². The number of likely N-dealkylation sites (N-methyl/N-ethyl adjacent to an activating group) is 1. The van der Waals surface area contributed by atoms with Crippen LogP contribution in [0.25, 0.3) is 0 Å². The smallest absolute Gasteiger partial charge is 0.0674 e. The zero-order valence-corrected chi connectivity index (χ0v) is 8.70. The molecule has 13 heavy (non-hydrogen) atoms. The van der Waals surface area contributed by atoms with E-state index in [1.54, 1.807) is 7.11 Å². The molecule has 0 spiro atoms. The molecule has 4 heteroatoms. The second kappa shape index (κ2) is 8.44. The maximum Gasteiger partial charge on any atom is 0.0674 e. The molecule has 0 aromatic carbocycles. The van der Waals surface area contributed by atoms with Crippen molar-refractivity contribution in [2.45, 2.75) is 19.4 Å². The number of aliphatic hydroxyl groups excluding tert-OH is 1. The molecule has 0 aromatic rings. The van der Waals surface area contributed by atoms with E-state index in [-0.39, 0.29) is 6.10 Å². The Kier molecular flexibility index (Phi) is 8.33. The summed E-state index contributed by atoms with van der Waals surface area (Å²) in [5.74, 6) is 0. The third-order valence-corrected chi connectivity index (χ3v) is 2.11. The fraction of sp³-hybridized carbons (Fsp3) is 1.00. The summed E-state index contributed by atoms with van der Waals surface area (Å²) in [6.45, 7) is 5.99. The summed E-state index contributed by atoms with van der Waals surface area (Å²) in [6, 6.07) is 0. The summed E-state index contributed by atoms with van der Waals surface area (Å²) in [7, 11) is 1.70. The molecule has 1 unspecified atom stereocenters. The summed E-state index contributed by atoms with van der Waals surface area (Å²) in [6.07, 6.45) is 0.380. The van der Waals surface area contributed by atoms with Gasteiger partial charge in [0.2, 0.25) is 0 Å². The first-order valence-corrected chi connectivity index (χ1v) is 4.84. The highest BCUT2D eigenvalue weighted by Crippen LogP contribution is 1.95. The summed E-state index contributed by atoms with van der Waals surface area (Å²) in [5, 5.41) is 9.24. The van der Waals surface area contributed by atoms with Crippen LogP contribution in [-0.2, 0) is 4.74 Å². The second-order valence-corrected chi connectivity index (χ2v) is 3.11. The summed E-state index contributed by atoms with van der Waals surface area (Å²) < 4.78 is 4.98. The molecule has 0 saturated heterocycles. The molecule has 0 aliphatic heterocycles. The Morgan fingerprint density at radius 1 is 1.46 bits per heavy atom. The van der Waals surface area contributed by atoms with Gasteiger partial charge in [-0.3, -0.25) is 0 Å². The zero-order valence-electron chi connectivity index (χ0n) is 8.70. The number of aliphatic hydroxyl groups is 1. The molecule has 0 radical (unpaired) electrons. The van der Waals surface area contributed by atoms with Gasteiger partial charge in [-0.25, -0.2) is 0 Å². The van der Waals surface area contributed by atoms with E-state index >= 15 is 0 Å². The average molecular weight is 190 g/mol. The quantitative estimate of drug-likeness (QED) is 0.550. The summed E-state index contributed by atoms with van der Waals surface area (Å²) >= 11 is 0. The van der Waals surface area contributed by atoms with Gasteiger partial charge in [0.1, 0.15) is 0 Å². The largest absolute Gasteiger partial charge is 0.392 e. The van der Waals surface area contributed by atoms with Gasteiger partial charge in [0.25, 0.3) is 0 Å². The first-order valence-electron chi connectivity index (χ1n) is 4.84. The Morgan fingerprint density at radius 2 is 2.15 bits per heavy atom. The first-order chi connectivity index (χ1) is 6.24. The van der Waals surface area contributed by atoms with Gasteiger partial charge in [0.05, 0.1) is 12.7 Å². The van der Waals surface area contributed by atoms with Crippen molar-refractivity contribution in [2.24, 2.45) is 5.73 Å². The minimum atomic E-state index is -0.364. The van der Waals surface area contributed by atoms with E-state index in [2.05, 4.69) is 11.8 Å². The van der Waals surface area contributed by atoms with E-state index in [1.807, 2.05) is 0 Å². The van der Waals surface area contributed by atoms with Gasteiger partial charge in [0, 0.05) is 26.7 Å². The third kappa shape index (κ3) is 6.95. The topological polar surface area (TPSA) is 58.7 Å². The molecule has 0 saturated carbocycles. The molecule has 0 aliphatic rings. The van der Waals surface area contributed by atoms with E-state index in [9.17, 15) is 5.11 Å². The zero-order chi connectivity index (χ0) is 10.1. The molecule has 0 fully saturated rings. The van der Waals surface area contributed by atoms with E-state index in [0.717, 1.165) is 32.7 Å². The van der Waals surface area contributed by atoms with Crippen molar-refractivity contribution < 1.29 is 9.84 Å². The van der Waals surface area contributed by atoms with Crippen LogP contribution in [0.2, 0.25) is 0 Å². The third-order valence-electron chi connectivity index (χ3n) is 2.11. The highest BCUT2D eigenvalue weighted by Gasteiger charge is 2.05. The van der Waals surface area contributed by atoms with E-state index in [4.69, 9.17) is 10.5 Å². The number of hydrogen-bond donors (Lipinski definition) is 2. The van der Waals surface area contributed by atoms with Gasteiger partial charge in [-0.05, 0) is 13.0 Å². The summed E-state index contributed by atoms with van der Waals surface area (Å²) in [4.78, 5) is 2.24. The Bertz CT molecular complexity index is 112. The van der Waals surface area contributed by atoms with Crippen molar-refractivity contribution in [3.05, 3.63) is 0 Å². The van der Waals surface area contributed by atoms with E-state index in [1.165, 1.54) is 0 Å². The van der Waals surface area contributed by atoms with Crippen LogP contribution >= 0.6 is 0 Å². The fourth-order valence-electron chi connectivity index (χ4n) is 1.10. The number of methoxy groups -OCH3 is 1. The van der Waals surface area contributed by atoms with Crippen molar-refractivity contribution in [2.75, 3.05) is 39.9 Å². The molecule has 4 nitrogen and oxygen atoms in total. The minimum absolute atomic E-state index is 0.349. The molecule has 0 aromatic heterocycles. The fourth-order valence-corrected chi connectivity index (χ4v) is 1.10. The lowest BCUT2D eigenvalue weighted by Gasteiger charge is -2.20. The van der Waals surface area contributed by atoms with Crippen LogP contribution in [0.3, 0.4) is 0 Å². The molecule has 0 amide bonds. The molecule has 0 aliphatic carbocycles. The number of nitrogens with two attached hydrogens (primary N) is 1. The van der Waals surface area contributed by atoms with Gasteiger partial charge in [-0.1, -0.05) is 6.92 Å². The average Bonchev–Trinajstić information content (AvgIpc) is 2.17.